The normalized spacial score (nSPS) is 20.3. The van der Waals surface area contributed by atoms with Gasteiger partial charge in [-0.05, 0) is 57.0 Å². The minimum absolute atomic E-state index is 0.752. The molecule has 2 heterocycles. The fourth-order valence-electron chi connectivity index (χ4n) is 3.19. The van der Waals surface area contributed by atoms with Gasteiger partial charge in [0.1, 0.15) is 0 Å². The van der Waals surface area contributed by atoms with E-state index in [0.717, 1.165) is 43.9 Å². The summed E-state index contributed by atoms with van der Waals surface area (Å²) in [7, 11) is 1.86. The highest BCUT2D eigenvalue weighted by Gasteiger charge is 2.22. The van der Waals surface area contributed by atoms with Gasteiger partial charge in [0.2, 0.25) is 0 Å². The minimum atomic E-state index is 0.752. The van der Waals surface area contributed by atoms with Crippen molar-refractivity contribution in [3.63, 3.8) is 0 Å². The van der Waals surface area contributed by atoms with Gasteiger partial charge in [-0.2, -0.15) is 0 Å². The Morgan fingerprint density at radius 2 is 1.88 bits per heavy atom. The molecule has 0 spiro atoms. The van der Waals surface area contributed by atoms with Crippen molar-refractivity contribution in [3.8, 4) is 0 Å². The van der Waals surface area contributed by atoms with Gasteiger partial charge in [0.25, 0.3) is 0 Å². The highest BCUT2D eigenvalue weighted by Crippen LogP contribution is 2.27. The van der Waals surface area contributed by atoms with E-state index in [1.807, 2.05) is 7.05 Å². The number of guanidine groups is 1. The van der Waals surface area contributed by atoms with Crippen molar-refractivity contribution in [2.24, 2.45) is 16.8 Å². The van der Waals surface area contributed by atoms with Crippen LogP contribution in [0.1, 0.15) is 43.3 Å². The molecular weight excluding hydrogens is 318 g/mol. The second-order valence-corrected chi connectivity index (χ2v) is 8.03. The van der Waals surface area contributed by atoms with Gasteiger partial charge in [0, 0.05) is 32.1 Å². The molecule has 1 aromatic rings. The maximum Gasteiger partial charge on any atom is 0.190 e. The van der Waals surface area contributed by atoms with Crippen LogP contribution in [0.15, 0.2) is 10.4 Å². The SMILES string of the molecule is CCc1nc(CN2CCC(CNC(=NC)NCC3CC3)CC2)cs1. The number of nitrogens with one attached hydrogen (secondary N) is 2. The molecule has 0 atom stereocenters. The van der Waals surface area contributed by atoms with E-state index in [0.29, 0.717) is 0 Å². The summed E-state index contributed by atoms with van der Waals surface area (Å²) in [5, 5.41) is 10.4. The van der Waals surface area contributed by atoms with E-state index in [9.17, 15) is 0 Å². The molecular formula is C18H31N5S. The molecule has 2 fully saturated rings. The number of aromatic nitrogens is 1. The Hall–Kier alpha value is -1.14. The summed E-state index contributed by atoms with van der Waals surface area (Å²) >= 11 is 1.80. The van der Waals surface area contributed by atoms with Crippen molar-refractivity contribution < 1.29 is 0 Å². The zero-order chi connectivity index (χ0) is 16.8. The highest BCUT2D eigenvalue weighted by atomic mass is 32.1. The molecule has 1 aliphatic carbocycles. The van der Waals surface area contributed by atoms with Crippen LogP contribution in [0.2, 0.25) is 0 Å². The molecule has 1 saturated carbocycles. The van der Waals surface area contributed by atoms with Crippen LogP contribution in [0.5, 0.6) is 0 Å². The molecule has 0 unspecified atom stereocenters. The van der Waals surface area contributed by atoms with Gasteiger partial charge in [-0.3, -0.25) is 9.89 Å². The number of aryl methyl sites for hydroxylation is 1. The monoisotopic (exact) mass is 349 g/mol. The number of likely N-dealkylation sites (tertiary alicyclic amines) is 1. The molecule has 0 bridgehead atoms. The molecule has 2 N–H and O–H groups in total. The number of nitrogens with zero attached hydrogens (tertiary/aromatic N) is 3. The molecule has 1 saturated heterocycles. The Bertz CT molecular complexity index is 529. The van der Waals surface area contributed by atoms with Gasteiger partial charge in [-0.15, -0.1) is 11.3 Å². The van der Waals surface area contributed by atoms with Crippen molar-refractivity contribution in [2.45, 2.75) is 45.6 Å². The van der Waals surface area contributed by atoms with Gasteiger partial charge >= 0.3 is 0 Å². The first-order valence-corrected chi connectivity index (χ1v) is 10.2. The van der Waals surface area contributed by atoms with Crippen LogP contribution in [0, 0.1) is 11.8 Å². The molecule has 0 amide bonds. The summed E-state index contributed by atoms with van der Waals surface area (Å²) in [6, 6.07) is 0. The first-order chi connectivity index (χ1) is 11.8. The molecule has 0 radical (unpaired) electrons. The van der Waals surface area contributed by atoms with Crippen molar-refractivity contribution >= 4 is 17.3 Å². The second-order valence-electron chi connectivity index (χ2n) is 7.08. The van der Waals surface area contributed by atoms with Crippen molar-refractivity contribution in [3.05, 3.63) is 16.1 Å². The average molecular weight is 350 g/mol. The van der Waals surface area contributed by atoms with E-state index in [-0.39, 0.29) is 0 Å². The lowest BCUT2D eigenvalue weighted by molar-refractivity contribution is 0.176. The van der Waals surface area contributed by atoms with Crippen LogP contribution in [0.25, 0.3) is 0 Å². The van der Waals surface area contributed by atoms with Crippen LogP contribution in [-0.4, -0.2) is 49.1 Å². The third-order valence-electron chi connectivity index (χ3n) is 5.03. The number of piperidine rings is 1. The van der Waals surface area contributed by atoms with Crippen molar-refractivity contribution in [1.29, 1.82) is 0 Å². The molecule has 2 aliphatic rings. The smallest absolute Gasteiger partial charge is 0.190 e. The van der Waals surface area contributed by atoms with Crippen LogP contribution >= 0.6 is 11.3 Å². The zero-order valence-corrected chi connectivity index (χ0v) is 15.9. The predicted molar refractivity (Wildman–Crippen MR) is 102 cm³/mol. The summed E-state index contributed by atoms with van der Waals surface area (Å²) in [4.78, 5) is 11.6. The molecule has 0 aromatic carbocycles. The lowest BCUT2D eigenvalue weighted by atomic mass is 9.97. The average Bonchev–Trinajstić information content (AvgIpc) is 3.34. The van der Waals surface area contributed by atoms with E-state index >= 15 is 0 Å². The van der Waals surface area contributed by atoms with Crippen LogP contribution < -0.4 is 10.6 Å². The maximum absolute atomic E-state index is 4.69. The lowest BCUT2D eigenvalue weighted by Gasteiger charge is -2.31. The Morgan fingerprint density at radius 1 is 1.21 bits per heavy atom. The Morgan fingerprint density at radius 3 is 2.42 bits per heavy atom. The summed E-state index contributed by atoms with van der Waals surface area (Å²) in [6.45, 7) is 7.66. The van der Waals surface area contributed by atoms with Gasteiger partial charge in [0.05, 0.1) is 10.7 Å². The van der Waals surface area contributed by atoms with Crippen molar-refractivity contribution in [2.75, 3.05) is 33.2 Å². The fourth-order valence-corrected chi connectivity index (χ4v) is 3.92. The van der Waals surface area contributed by atoms with E-state index in [1.54, 1.807) is 11.3 Å². The molecule has 24 heavy (non-hydrogen) atoms. The highest BCUT2D eigenvalue weighted by molar-refractivity contribution is 7.09. The third kappa shape index (κ3) is 5.45. The number of rotatable bonds is 7. The molecule has 134 valence electrons. The van der Waals surface area contributed by atoms with E-state index in [1.165, 1.54) is 49.5 Å². The largest absolute Gasteiger partial charge is 0.356 e. The standard InChI is InChI=1S/C18H31N5S/c1-3-17-22-16(13-24-17)12-23-8-6-15(7-9-23)11-21-18(19-2)20-10-14-4-5-14/h13-15H,3-12H2,1-2H3,(H2,19,20,21). The van der Waals surface area contributed by atoms with Crippen LogP contribution in [-0.2, 0) is 13.0 Å². The molecule has 1 aromatic heterocycles. The van der Waals surface area contributed by atoms with Gasteiger partial charge in [-0.25, -0.2) is 4.98 Å². The van der Waals surface area contributed by atoms with Gasteiger partial charge in [-0.1, -0.05) is 6.92 Å². The van der Waals surface area contributed by atoms with Gasteiger partial charge < -0.3 is 10.6 Å². The Balaban J connectivity index is 1.33. The molecule has 1 aliphatic heterocycles. The van der Waals surface area contributed by atoms with E-state index < -0.39 is 0 Å². The summed E-state index contributed by atoms with van der Waals surface area (Å²) in [5.74, 6) is 2.60. The van der Waals surface area contributed by atoms with E-state index in [4.69, 9.17) is 4.98 Å². The third-order valence-corrected chi connectivity index (χ3v) is 6.07. The summed E-state index contributed by atoms with van der Waals surface area (Å²) < 4.78 is 0. The quantitative estimate of drug-likeness (QED) is 0.587. The lowest BCUT2D eigenvalue weighted by Crippen LogP contribution is -2.43. The maximum atomic E-state index is 4.69. The Kier molecular flexibility index (Phi) is 6.49. The molecule has 6 heteroatoms. The van der Waals surface area contributed by atoms with Gasteiger partial charge in [0.15, 0.2) is 5.96 Å². The fraction of sp³-hybridized carbons (Fsp3) is 0.778. The first-order valence-electron chi connectivity index (χ1n) is 9.37. The summed E-state index contributed by atoms with van der Waals surface area (Å²) in [6.07, 6.45) is 6.33. The topological polar surface area (TPSA) is 52.6 Å². The predicted octanol–water partition coefficient (Wildman–Crippen LogP) is 2.49. The van der Waals surface area contributed by atoms with Crippen LogP contribution in [0.3, 0.4) is 0 Å². The van der Waals surface area contributed by atoms with Crippen molar-refractivity contribution in [1.82, 2.24) is 20.5 Å². The molecule has 5 nitrogen and oxygen atoms in total. The Labute approximate surface area is 150 Å². The second kappa shape index (κ2) is 8.81. The van der Waals surface area contributed by atoms with Crippen LogP contribution in [0.4, 0.5) is 0 Å². The first kappa shape index (κ1) is 17.7. The number of thiazole rings is 1. The van der Waals surface area contributed by atoms with E-state index in [2.05, 4.69) is 32.8 Å². The number of aliphatic imine (C=N–C) groups is 1. The minimum Gasteiger partial charge on any atom is -0.356 e. The number of hydrogen-bond donors (Lipinski definition) is 2. The molecule has 3 rings (SSSR count). The number of hydrogen-bond acceptors (Lipinski definition) is 4. The zero-order valence-electron chi connectivity index (χ0n) is 15.1. The summed E-state index contributed by atoms with van der Waals surface area (Å²) in [5.41, 5.74) is 1.25.